The van der Waals surface area contributed by atoms with Crippen molar-refractivity contribution in [1.82, 2.24) is 15.1 Å². The Morgan fingerprint density at radius 3 is 2.68 bits per heavy atom. The third kappa shape index (κ3) is 5.62. The summed E-state index contributed by atoms with van der Waals surface area (Å²) in [5.74, 6) is 0.783. The van der Waals surface area contributed by atoms with Crippen LogP contribution in [0.3, 0.4) is 0 Å². The van der Waals surface area contributed by atoms with Crippen molar-refractivity contribution in [3.8, 4) is 0 Å². The Morgan fingerprint density at radius 1 is 1.36 bits per heavy atom. The molecule has 1 heterocycles. The van der Waals surface area contributed by atoms with Crippen molar-refractivity contribution in [2.45, 2.75) is 26.3 Å². The van der Waals surface area contributed by atoms with E-state index in [2.05, 4.69) is 24.1 Å². The number of carbonyl (C=O) groups is 2. The molecule has 2 rings (SSSR count). The van der Waals surface area contributed by atoms with Crippen LogP contribution in [0, 0.1) is 0 Å². The van der Waals surface area contributed by atoms with Crippen molar-refractivity contribution in [1.29, 1.82) is 0 Å². The molecule has 1 aliphatic rings. The highest BCUT2D eigenvalue weighted by Crippen LogP contribution is 2.27. The zero-order valence-electron chi connectivity index (χ0n) is 14.8. The molecular weight excluding hydrogens is 358 g/mol. The average Bonchev–Trinajstić information content (AvgIpc) is 3.02. The van der Waals surface area contributed by atoms with E-state index in [-0.39, 0.29) is 17.2 Å². The van der Waals surface area contributed by atoms with Crippen LogP contribution in [0.4, 0.5) is 4.79 Å². The number of hydrogen-bond acceptors (Lipinski definition) is 4. The summed E-state index contributed by atoms with van der Waals surface area (Å²) >= 11 is 7.69. The summed E-state index contributed by atoms with van der Waals surface area (Å²) in [7, 11) is 0. The van der Waals surface area contributed by atoms with Gasteiger partial charge in [0.15, 0.2) is 0 Å². The molecule has 1 saturated heterocycles. The molecule has 0 radical (unpaired) electrons. The fraction of sp³-hybridized carbons (Fsp3) is 0.556. The van der Waals surface area contributed by atoms with E-state index in [4.69, 9.17) is 11.6 Å². The number of halogens is 1. The first-order chi connectivity index (χ1) is 12.1. The van der Waals surface area contributed by atoms with E-state index in [1.165, 1.54) is 11.8 Å². The lowest BCUT2D eigenvalue weighted by molar-refractivity contribution is -0.121. The Labute approximate surface area is 159 Å². The molecule has 1 aromatic carbocycles. The quantitative estimate of drug-likeness (QED) is 0.710. The molecule has 1 fully saturated rings. The largest absolute Gasteiger partial charge is 0.354 e. The van der Waals surface area contributed by atoms with Gasteiger partial charge in [-0.2, -0.15) is 0 Å². The summed E-state index contributed by atoms with van der Waals surface area (Å²) in [6, 6.07) is 7.81. The number of nitrogens with zero attached hydrogens (tertiary/aromatic N) is 2. The molecule has 1 aliphatic heterocycles. The molecule has 25 heavy (non-hydrogen) atoms. The van der Waals surface area contributed by atoms with Crippen LogP contribution in [0.25, 0.3) is 0 Å². The Kier molecular flexibility index (Phi) is 8.06. The minimum atomic E-state index is -0.0334. The first-order valence-electron chi connectivity index (χ1n) is 8.73. The maximum Gasteiger partial charge on any atom is 0.281 e. The lowest BCUT2D eigenvalue weighted by Crippen LogP contribution is -2.39. The summed E-state index contributed by atoms with van der Waals surface area (Å²) in [5.41, 5.74) is 1.03. The van der Waals surface area contributed by atoms with Crippen LogP contribution in [0.5, 0.6) is 0 Å². The molecule has 138 valence electrons. The second-order valence-corrected chi connectivity index (χ2v) is 7.37. The number of thioether (sulfide) groups is 1. The van der Waals surface area contributed by atoms with Gasteiger partial charge >= 0.3 is 0 Å². The highest BCUT2D eigenvalue weighted by atomic mass is 35.5. The van der Waals surface area contributed by atoms with Gasteiger partial charge in [0, 0.05) is 36.8 Å². The number of rotatable bonds is 9. The maximum atomic E-state index is 12.2. The first-order valence-corrected chi connectivity index (χ1v) is 10.1. The van der Waals surface area contributed by atoms with E-state index in [1.54, 1.807) is 4.90 Å². The van der Waals surface area contributed by atoms with Crippen molar-refractivity contribution in [3.05, 3.63) is 34.9 Å². The molecule has 7 heteroatoms. The van der Waals surface area contributed by atoms with Gasteiger partial charge in [-0.1, -0.05) is 55.4 Å². The highest BCUT2D eigenvalue weighted by Gasteiger charge is 2.23. The molecule has 0 aromatic heterocycles. The SMILES string of the molecule is CCN(CC)C(CNC(=O)CCN1CCSC1=O)c1ccccc1Cl. The first kappa shape index (κ1) is 20.1. The molecule has 0 bridgehead atoms. The van der Waals surface area contributed by atoms with Gasteiger partial charge in [-0.15, -0.1) is 0 Å². The normalized spacial score (nSPS) is 15.7. The summed E-state index contributed by atoms with van der Waals surface area (Å²) in [5, 5.41) is 3.80. The van der Waals surface area contributed by atoms with E-state index < -0.39 is 0 Å². The zero-order chi connectivity index (χ0) is 18.2. The molecule has 0 saturated carbocycles. The zero-order valence-corrected chi connectivity index (χ0v) is 16.4. The molecule has 2 amide bonds. The Hall–Kier alpha value is -1.24. The monoisotopic (exact) mass is 383 g/mol. The molecule has 1 unspecified atom stereocenters. The average molecular weight is 384 g/mol. The van der Waals surface area contributed by atoms with Crippen molar-refractivity contribution in [2.75, 3.05) is 38.5 Å². The van der Waals surface area contributed by atoms with E-state index in [0.717, 1.165) is 31.0 Å². The molecule has 0 spiro atoms. The molecule has 1 atom stereocenters. The number of amides is 2. The van der Waals surface area contributed by atoms with Crippen LogP contribution in [0.15, 0.2) is 24.3 Å². The standard InChI is InChI=1S/C18H26ClN3O2S/c1-3-21(4-2)16(14-7-5-6-8-15(14)19)13-20-17(23)9-10-22-11-12-25-18(22)24/h5-8,16H,3-4,9-13H2,1-2H3,(H,20,23). The summed E-state index contributed by atoms with van der Waals surface area (Å²) < 4.78 is 0. The predicted molar refractivity (Wildman–Crippen MR) is 104 cm³/mol. The Bertz CT molecular complexity index is 595. The minimum absolute atomic E-state index is 0.0334. The van der Waals surface area contributed by atoms with E-state index in [0.29, 0.717) is 24.5 Å². The van der Waals surface area contributed by atoms with Crippen molar-refractivity contribution in [2.24, 2.45) is 0 Å². The van der Waals surface area contributed by atoms with Gasteiger partial charge < -0.3 is 10.2 Å². The van der Waals surface area contributed by atoms with Gasteiger partial charge in [0.1, 0.15) is 0 Å². The molecular formula is C18H26ClN3O2S. The van der Waals surface area contributed by atoms with E-state index >= 15 is 0 Å². The van der Waals surface area contributed by atoms with Crippen LogP contribution in [0.2, 0.25) is 5.02 Å². The molecule has 1 N–H and O–H groups in total. The second kappa shape index (κ2) is 10.0. The third-order valence-corrected chi connectivity index (χ3v) is 5.70. The van der Waals surface area contributed by atoms with E-state index in [1.807, 2.05) is 24.3 Å². The topological polar surface area (TPSA) is 52.7 Å². The Balaban J connectivity index is 1.94. The smallest absolute Gasteiger partial charge is 0.281 e. The van der Waals surface area contributed by atoms with Crippen LogP contribution < -0.4 is 5.32 Å². The van der Waals surface area contributed by atoms with Gasteiger partial charge in [0.2, 0.25) is 5.91 Å². The van der Waals surface area contributed by atoms with Gasteiger partial charge in [0.05, 0.1) is 6.04 Å². The molecule has 1 aromatic rings. The fourth-order valence-electron chi connectivity index (χ4n) is 3.01. The number of carbonyl (C=O) groups excluding carboxylic acids is 2. The minimum Gasteiger partial charge on any atom is -0.354 e. The van der Waals surface area contributed by atoms with Crippen molar-refractivity contribution < 1.29 is 9.59 Å². The van der Waals surface area contributed by atoms with Crippen LogP contribution in [-0.2, 0) is 4.79 Å². The van der Waals surface area contributed by atoms with Crippen LogP contribution >= 0.6 is 23.4 Å². The fourth-order valence-corrected chi connectivity index (χ4v) is 4.12. The van der Waals surface area contributed by atoms with Gasteiger partial charge in [-0.05, 0) is 24.7 Å². The second-order valence-electron chi connectivity index (χ2n) is 5.91. The summed E-state index contributed by atoms with van der Waals surface area (Å²) in [4.78, 5) is 27.8. The number of likely N-dealkylation sites (N-methyl/N-ethyl adjacent to an activating group) is 1. The van der Waals surface area contributed by atoms with E-state index in [9.17, 15) is 9.59 Å². The number of hydrogen-bond donors (Lipinski definition) is 1. The predicted octanol–water partition coefficient (Wildman–Crippen LogP) is 3.40. The number of benzene rings is 1. The summed E-state index contributed by atoms with van der Waals surface area (Å²) in [6.07, 6.45) is 0.333. The molecule has 0 aliphatic carbocycles. The summed E-state index contributed by atoms with van der Waals surface area (Å²) in [6.45, 7) is 7.69. The lowest BCUT2D eigenvalue weighted by Gasteiger charge is -2.31. The third-order valence-electron chi connectivity index (χ3n) is 4.46. The lowest BCUT2D eigenvalue weighted by atomic mass is 10.0. The van der Waals surface area contributed by atoms with Crippen LogP contribution in [-0.4, -0.2) is 59.4 Å². The highest BCUT2D eigenvalue weighted by molar-refractivity contribution is 8.13. The van der Waals surface area contributed by atoms with Gasteiger partial charge in [0.25, 0.3) is 5.24 Å². The molecule has 5 nitrogen and oxygen atoms in total. The number of nitrogens with one attached hydrogen (secondary N) is 1. The van der Waals surface area contributed by atoms with Crippen molar-refractivity contribution in [3.63, 3.8) is 0 Å². The van der Waals surface area contributed by atoms with Crippen LogP contribution in [0.1, 0.15) is 31.9 Å². The van der Waals surface area contributed by atoms with Gasteiger partial charge in [-0.3, -0.25) is 14.5 Å². The maximum absolute atomic E-state index is 12.2. The van der Waals surface area contributed by atoms with Gasteiger partial charge in [-0.25, -0.2) is 0 Å². The Morgan fingerprint density at radius 2 is 2.08 bits per heavy atom. The van der Waals surface area contributed by atoms with Crippen molar-refractivity contribution >= 4 is 34.5 Å².